The predicted octanol–water partition coefficient (Wildman–Crippen LogP) is 1.91. The third-order valence-corrected chi connectivity index (χ3v) is 3.04. The largest absolute Gasteiger partial charge is 0.389 e. The highest BCUT2D eigenvalue weighted by Gasteiger charge is 2.19. The number of hydrogen-bond donors (Lipinski definition) is 1. The molecule has 0 bridgehead atoms. The Morgan fingerprint density at radius 1 is 1.33 bits per heavy atom. The first-order valence-electron chi connectivity index (χ1n) is 6.51. The molecule has 1 aromatic heterocycles. The molecule has 0 aliphatic heterocycles. The van der Waals surface area contributed by atoms with Crippen molar-refractivity contribution in [3.8, 4) is 0 Å². The second-order valence-corrected chi connectivity index (χ2v) is 4.99. The van der Waals surface area contributed by atoms with E-state index in [0.717, 1.165) is 24.5 Å². The van der Waals surface area contributed by atoms with Crippen LogP contribution in [0.4, 0.5) is 5.82 Å². The minimum absolute atomic E-state index is 0.359. The highest BCUT2D eigenvalue weighted by molar-refractivity contribution is 5.48. The van der Waals surface area contributed by atoms with Crippen LogP contribution in [0.1, 0.15) is 32.4 Å². The summed E-state index contributed by atoms with van der Waals surface area (Å²) in [5.41, 5.74) is 0.893. The Labute approximate surface area is 110 Å². The Morgan fingerprint density at radius 2 is 2.00 bits per heavy atom. The summed E-state index contributed by atoms with van der Waals surface area (Å²) in [5, 5.41) is 9.84. The smallest absolute Gasteiger partial charge is 0.134 e. The van der Waals surface area contributed by atoms with Crippen LogP contribution in [0.25, 0.3) is 0 Å². The molecule has 0 amide bonds. The molecule has 102 valence electrons. The molecule has 18 heavy (non-hydrogen) atoms. The van der Waals surface area contributed by atoms with Crippen LogP contribution in [0.3, 0.4) is 0 Å². The average Bonchev–Trinajstić information content (AvgIpc) is 2.29. The van der Waals surface area contributed by atoms with Crippen LogP contribution in [0.15, 0.2) is 18.3 Å². The molecule has 4 heteroatoms. The first-order chi connectivity index (χ1) is 8.47. The molecule has 0 aliphatic rings. The number of anilines is 1. The Bertz CT molecular complexity index is 366. The van der Waals surface area contributed by atoms with Gasteiger partial charge in [0.05, 0.1) is 6.10 Å². The van der Waals surface area contributed by atoms with Crippen molar-refractivity contribution in [1.29, 1.82) is 0 Å². The Morgan fingerprint density at radius 3 is 2.50 bits per heavy atom. The first kappa shape index (κ1) is 14.9. The molecule has 1 heterocycles. The maximum Gasteiger partial charge on any atom is 0.134 e. The molecule has 2 atom stereocenters. The molecule has 1 N–H and O–H groups in total. The molecular weight excluding hydrogens is 226 g/mol. The number of aliphatic hydroxyl groups excluding tert-OH is 1. The molecule has 1 rings (SSSR count). The zero-order valence-corrected chi connectivity index (χ0v) is 12.1. The second kappa shape index (κ2) is 6.71. The Kier molecular flexibility index (Phi) is 5.56. The fourth-order valence-electron chi connectivity index (χ4n) is 2.27. The molecular formula is C14H25N3O. The summed E-state index contributed by atoms with van der Waals surface area (Å²) in [6.07, 6.45) is 1.29. The summed E-state index contributed by atoms with van der Waals surface area (Å²) in [6.45, 7) is 7.93. The maximum absolute atomic E-state index is 9.84. The quantitative estimate of drug-likeness (QED) is 0.838. The number of rotatable bonds is 6. The van der Waals surface area contributed by atoms with Crippen LogP contribution < -0.4 is 4.90 Å². The van der Waals surface area contributed by atoms with E-state index < -0.39 is 6.10 Å². The van der Waals surface area contributed by atoms with Gasteiger partial charge in [-0.1, -0.05) is 6.07 Å². The topological polar surface area (TPSA) is 39.6 Å². The minimum Gasteiger partial charge on any atom is -0.389 e. The van der Waals surface area contributed by atoms with Gasteiger partial charge in [0.15, 0.2) is 0 Å². The van der Waals surface area contributed by atoms with Gasteiger partial charge in [-0.3, -0.25) is 0 Å². The molecule has 0 fully saturated rings. The van der Waals surface area contributed by atoms with Gasteiger partial charge >= 0.3 is 0 Å². The van der Waals surface area contributed by atoms with Gasteiger partial charge in [-0.25, -0.2) is 4.98 Å². The van der Waals surface area contributed by atoms with Crippen molar-refractivity contribution in [3.63, 3.8) is 0 Å². The van der Waals surface area contributed by atoms with Gasteiger partial charge in [0.1, 0.15) is 5.82 Å². The van der Waals surface area contributed by atoms with E-state index in [4.69, 9.17) is 0 Å². The van der Waals surface area contributed by atoms with Crippen molar-refractivity contribution >= 4 is 5.82 Å². The summed E-state index contributed by atoms with van der Waals surface area (Å²) in [7, 11) is 4.14. The van der Waals surface area contributed by atoms with Crippen molar-refractivity contribution < 1.29 is 5.11 Å². The lowest BCUT2D eigenvalue weighted by molar-refractivity contribution is 0.199. The zero-order valence-electron chi connectivity index (χ0n) is 12.1. The van der Waals surface area contributed by atoms with E-state index in [0.29, 0.717) is 6.04 Å². The number of aliphatic hydroxyl groups is 1. The Balaban J connectivity index is 3.01. The van der Waals surface area contributed by atoms with Crippen LogP contribution in [0, 0.1) is 0 Å². The highest BCUT2D eigenvalue weighted by Crippen LogP contribution is 2.25. The molecule has 4 nitrogen and oxygen atoms in total. The minimum atomic E-state index is -0.491. The standard InChI is InChI=1S/C14H25N3O/c1-6-17(11(2)10-16(4)5)14-13(12(3)18)8-7-9-15-14/h7-9,11-12,18H,6,10H2,1-5H3/t11?,12-/m0/s1. The normalized spacial score (nSPS) is 14.6. The average molecular weight is 251 g/mol. The van der Waals surface area contributed by atoms with Gasteiger partial charge in [0, 0.05) is 30.9 Å². The van der Waals surface area contributed by atoms with E-state index in [1.807, 2.05) is 12.1 Å². The van der Waals surface area contributed by atoms with Gasteiger partial charge in [-0.2, -0.15) is 0 Å². The third kappa shape index (κ3) is 3.68. The summed E-state index contributed by atoms with van der Waals surface area (Å²) < 4.78 is 0. The van der Waals surface area contributed by atoms with Crippen molar-refractivity contribution in [2.24, 2.45) is 0 Å². The van der Waals surface area contributed by atoms with E-state index in [9.17, 15) is 5.11 Å². The van der Waals surface area contributed by atoms with Gasteiger partial charge in [0.25, 0.3) is 0 Å². The van der Waals surface area contributed by atoms with E-state index in [2.05, 4.69) is 42.7 Å². The summed E-state index contributed by atoms with van der Waals surface area (Å²) in [6, 6.07) is 4.17. The lowest BCUT2D eigenvalue weighted by atomic mass is 10.1. The van der Waals surface area contributed by atoms with Crippen LogP contribution in [-0.4, -0.2) is 48.2 Å². The van der Waals surface area contributed by atoms with Crippen LogP contribution in [0.5, 0.6) is 0 Å². The van der Waals surface area contributed by atoms with Crippen LogP contribution in [0.2, 0.25) is 0 Å². The molecule has 0 aromatic carbocycles. The van der Waals surface area contributed by atoms with Crippen LogP contribution >= 0.6 is 0 Å². The number of aromatic nitrogens is 1. The molecule has 1 aromatic rings. The van der Waals surface area contributed by atoms with Crippen molar-refractivity contribution in [2.45, 2.75) is 32.9 Å². The lowest BCUT2D eigenvalue weighted by Gasteiger charge is -2.32. The fourth-order valence-corrected chi connectivity index (χ4v) is 2.27. The molecule has 0 radical (unpaired) electrons. The van der Waals surface area contributed by atoms with Gasteiger partial charge in [0.2, 0.25) is 0 Å². The van der Waals surface area contributed by atoms with E-state index in [1.165, 1.54) is 0 Å². The number of hydrogen-bond acceptors (Lipinski definition) is 4. The third-order valence-electron chi connectivity index (χ3n) is 3.04. The summed E-state index contributed by atoms with van der Waals surface area (Å²) >= 11 is 0. The van der Waals surface area contributed by atoms with E-state index >= 15 is 0 Å². The number of nitrogens with zero attached hydrogens (tertiary/aromatic N) is 3. The van der Waals surface area contributed by atoms with Crippen molar-refractivity contribution in [2.75, 3.05) is 32.1 Å². The van der Waals surface area contributed by atoms with Crippen molar-refractivity contribution in [3.05, 3.63) is 23.9 Å². The second-order valence-electron chi connectivity index (χ2n) is 4.99. The number of pyridine rings is 1. The number of likely N-dealkylation sites (N-methyl/N-ethyl adjacent to an activating group) is 2. The lowest BCUT2D eigenvalue weighted by Crippen LogP contribution is -2.41. The Hall–Kier alpha value is -1.13. The highest BCUT2D eigenvalue weighted by atomic mass is 16.3. The molecule has 0 saturated heterocycles. The molecule has 1 unspecified atom stereocenters. The molecule has 0 aliphatic carbocycles. The molecule has 0 saturated carbocycles. The predicted molar refractivity (Wildman–Crippen MR) is 75.9 cm³/mol. The SMILES string of the molecule is CCN(c1ncccc1[C@H](C)O)C(C)CN(C)C. The van der Waals surface area contributed by atoms with Crippen LogP contribution in [-0.2, 0) is 0 Å². The summed E-state index contributed by atoms with van der Waals surface area (Å²) in [5.74, 6) is 0.893. The monoisotopic (exact) mass is 251 g/mol. The van der Waals surface area contributed by atoms with Crippen molar-refractivity contribution in [1.82, 2.24) is 9.88 Å². The van der Waals surface area contributed by atoms with E-state index in [1.54, 1.807) is 13.1 Å². The van der Waals surface area contributed by atoms with Gasteiger partial charge in [-0.15, -0.1) is 0 Å². The van der Waals surface area contributed by atoms with E-state index in [-0.39, 0.29) is 0 Å². The van der Waals surface area contributed by atoms with Gasteiger partial charge < -0.3 is 14.9 Å². The fraction of sp³-hybridized carbons (Fsp3) is 0.643. The zero-order chi connectivity index (χ0) is 13.7. The van der Waals surface area contributed by atoms with Gasteiger partial charge in [-0.05, 0) is 40.9 Å². The maximum atomic E-state index is 9.84. The molecule has 0 spiro atoms. The summed E-state index contributed by atoms with van der Waals surface area (Å²) in [4.78, 5) is 8.85. The first-order valence-corrected chi connectivity index (χ1v) is 6.51.